The summed E-state index contributed by atoms with van der Waals surface area (Å²) in [4.78, 5) is 0. The molecule has 0 radical (unpaired) electrons. The lowest BCUT2D eigenvalue weighted by Gasteiger charge is -2.34. The van der Waals surface area contributed by atoms with Crippen LogP contribution in [0.5, 0.6) is 0 Å². The van der Waals surface area contributed by atoms with Crippen LogP contribution >= 0.6 is 0 Å². The molecule has 29 heavy (non-hydrogen) atoms. The van der Waals surface area contributed by atoms with Crippen molar-refractivity contribution in [2.24, 2.45) is 0 Å². The number of fused-ring (bicyclic) bond motifs is 2. The molecule has 0 amide bonds. The summed E-state index contributed by atoms with van der Waals surface area (Å²) in [6, 6.07) is 14.1. The molecule has 0 saturated carbocycles. The van der Waals surface area contributed by atoms with Crippen molar-refractivity contribution in [2.45, 2.75) is 65.7 Å². The summed E-state index contributed by atoms with van der Waals surface area (Å²) >= 11 is 0. The zero-order chi connectivity index (χ0) is 21.2. The van der Waals surface area contributed by atoms with E-state index in [4.69, 9.17) is 0 Å². The number of anilines is 2. The predicted octanol–water partition coefficient (Wildman–Crippen LogP) is 5.72. The third-order valence-corrected chi connectivity index (χ3v) is 9.91. The van der Waals surface area contributed by atoms with E-state index < -0.39 is 8.07 Å². The number of allylic oxidation sites excluding steroid dienone is 2. The zero-order valence-electron chi connectivity index (χ0n) is 19.1. The van der Waals surface area contributed by atoms with Crippen molar-refractivity contribution >= 4 is 41.0 Å². The third-order valence-electron chi connectivity index (χ3n) is 6.40. The van der Waals surface area contributed by atoms with Crippen LogP contribution in [0.2, 0.25) is 13.1 Å². The molecule has 2 heterocycles. The van der Waals surface area contributed by atoms with Crippen molar-refractivity contribution in [2.75, 3.05) is 10.6 Å². The van der Waals surface area contributed by atoms with Crippen molar-refractivity contribution in [3.63, 3.8) is 0 Å². The fraction of sp³-hybridized carbons (Fsp3) is 0.385. The van der Waals surface area contributed by atoms with Crippen molar-refractivity contribution in [3.8, 4) is 0 Å². The molecular formula is C26H34N2Si. The molecule has 0 aliphatic carbocycles. The first-order valence-corrected chi connectivity index (χ1v) is 13.6. The van der Waals surface area contributed by atoms with E-state index in [0.29, 0.717) is 0 Å². The van der Waals surface area contributed by atoms with E-state index in [-0.39, 0.29) is 11.1 Å². The minimum Gasteiger partial charge on any atom is -0.376 e. The number of hydrogen-bond donors (Lipinski definition) is 2. The van der Waals surface area contributed by atoms with Crippen molar-refractivity contribution < 1.29 is 0 Å². The van der Waals surface area contributed by atoms with Crippen LogP contribution in [0.1, 0.15) is 52.7 Å². The van der Waals surface area contributed by atoms with Crippen LogP contribution in [0.3, 0.4) is 0 Å². The van der Waals surface area contributed by atoms with Crippen LogP contribution in [-0.4, -0.2) is 19.2 Å². The smallest absolute Gasteiger partial charge is 0.112 e. The normalized spacial score (nSPS) is 19.2. The Balaban J connectivity index is 1.76. The average molecular weight is 403 g/mol. The molecule has 0 unspecified atom stereocenters. The van der Waals surface area contributed by atoms with Gasteiger partial charge in [-0.2, -0.15) is 0 Å². The summed E-state index contributed by atoms with van der Waals surface area (Å²) in [6.07, 6.45) is 4.65. The standard InChI is InChI=1S/C26H34N2Si/c1-17-15-25(3,4)27-23-13-19(9-11-21(17)23)29(7,8)20-10-12-22-18(2)16-26(5,6)28-24(22)14-20/h9-16,27-28H,1-8H3. The Morgan fingerprint density at radius 2 is 1.03 bits per heavy atom. The van der Waals surface area contributed by atoms with Crippen LogP contribution in [0, 0.1) is 0 Å². The molecule has 2 aromatic carbocycles. The average Bonchev–Trinajstić information content (AvgIpc) is 2.58. The molecule has 0 atom stereocenters. The van der Waals surface area contributed by atoms with E-state index in [1.54, 1.807) is 0 Å². The lowest BCUT2D eigenvalue weighted by atomic mass is 9.91. The fourth-order valence-electron chi connectivity index (χ4n) is 4.93. The Hall–Kier alpha value is -2.26. The summed E-state index contributed by atoms with van der Waals surface area (Å²) in [5.41, 5.74) is 7.89. The van der Waals surface area contributed by atoms with Gasteiger partial charge in [0.1, 0.15) is 8.07 Å². The highest BCUT2D eigenvalue weighted by molar-refractivity contribution is 7.00. The minimum absolute atomic E-state index is 0.00735. The molecule has 0 bridgehead atoms. The lowest BCUT2D eigenvalue weighted by Crippen LogP contribution is -2.53. The summed E-state index contributed by atoms with van der Waals surface area (Å²) in [5.74, 6) is 0. The van der Waals surface area contributed by atoms with Crippen LogP contribution < -0.4 is 21.0 Å². The van der Waals surface area contributed by atoms with E-state index in [1.807, 2.05) is 0 Å². The Kier molecular flexibility index (Phi) is 4.40. The first-order valence-electron chi connectivity index (χ1n) is 10.6. The van der Waals surface area contributed by atoms with Gasteiger partial charge in [0.2, 0.25) is 0 Å². The summed E-state index contributed by atoms with van der Waals surface area (Å²) in [7, 11) is -1.83. The molecule has 152 valence electrons. The van der Waals surface area contributed by atoms with Crippen molar-refractivity contribution in [1.29, 1.82) is 0 Å². The number of nitrogens with one attached hydrogen (secondary N) is 2. The van der Waals surface area contributed by atoms with E-state index in [9.17, 15) is 0 Å². The molecule has 2 nitrogen and oxygen atoms in total. The summed E-state index contributed by atoms with van der Waals surface area (Å²) in [6.45, 7) is 18.3. The van der Waals surface area contributed by atoms with E-state index in [0.717, 1.165) is 0 Å². The van der Waals surface area contributed by atoms with Gasteiger partial charge >= 0.3 is 0 Å². The first-order chi connectivity index (χ1) is 13.4. The van der Waals surface area contributed by atoms with Gasteiger partial charge < -0.3 is 10.6 Å². The second kappa shape index (κ2) is 6.37. The Labute approximate surface area is 177 Å². The predicted molar refractivity (Wildman–Crippen MR) is 132 cm³/mol. The summed E-state index contributed by atoms with van der Waals surface area (Å²) < 4.78 is 0. The highest BCUT2D eigenvalue weighted by Crippen LogP contribution is 2.35. The molecule has 0 spiro atoms. The van der Waals surface area contributed by atoms with E-state index in [1.165, 1.54) is 44.0 Å². The zero-order valence-corrected chi connectivity index (χ0v) is 20.1. The third kappa shape index (κ3) is 3.57. The van der Waals surface area contributed by atoms with Gasteiger partial charge in [-0.25, -0.2) is 0 Å². The maximum Gasteiger partial charge on any atom is 0.112 e. The van der Waals surface area contributed by atoms with Gasteiger partial charge in [0, 0.05) is 22.5 Å². The second-order valence-electron chi connectivity index (χ2n) is 10.5. The molecule has 0 aromatic heterocycles. The van der Waals surface area contributed by atoms with Gasteiger partial charge in [-0.3, -0.25) is 0 Å². The fourth-order valence-corrected chi connectivity index (χ4v) is 7.28. The molecule has 2 aliphatic heterocycles. The van der Waals surface area contributed by atoms with Crippen LogP contribution in [0.15, 0.2) is 48.6 Å². The van der Waals surface area contributed by atoms with Crippen LogP contribution in [-0.2, 0) is 0 Å². The van der Waals surface area contributed by atoms with Crippen molar-refractivity contribution in [3.05, 3.63) is 59.7 Å². The largest absolute Gasteiger partial charge is 0.376 e. The number of benzene rings is 2. The van der Waals surface area contributed by atoms with Crippen LogP contribution in [0.25, 0.3) is 11.1 Å². The Bertz CT molecular complexity index is 971. The Morgan fingerprint density at radius 3 is 1.41 bits per heavy atom. The van der Waals surface area contributed by atoms with Gasteiger partial charge in [-0.15, -0.1) is 0 Å². The lowest BCUT2D eigenvalue weighted by molar-refractivity contribution is 0.707. The second-order valence-corrected chi connectivity index (χ2v) is 14.9. The maximum absolute atomic E-state index is 3.72. The van der Waals surface area contributed by atoms with Gasteiger partial charge in [0.05, 0.1) is 11.1 Å². The maximum atomic E-state index is 3.72. The van der Waals surface area contributed by atoms with Gasteiger partial charge in [-0.05, 0) is 64.8 Å². The van der Waals surface area contributed by atoms with Crippen molar-refractivity contribution in [1.82, 2.24) is 0 Å². The number of rotatable bonds is 2. The molecule has 2 N–H and O–H groups in total. The van der Waals surface area contributed by atoms with E-state index >= 15 is 0 Å². The SMILES string of the molecule is CC1=CC(C)(C)Nc2cc([Si](C)(C)c3ccc4c(c3)NC(C)(C)C=C4C)ccc21. The minimum atomic E-state index is -1.83. The molecule has 0 saturated heterocycles. The number of hydrogen-bond acceptors (Lipinski definition) is 2. The molecular weight excluding hydrogens is 368 g/mol. The quantitative estimate of drug-likeness (QED) is 0.627. The molecule has 4 rings (SSSR count). The van der Waals surface area contributed by atoms with Gasteiger partial charge in [0.15, 0.2) is 0 Å². The van der Waals surface area contributed by atoms with Gasteiger partial charge in [0.25, 0.3) is 0 Å². The first kappa shape index (κ1) is 20.0. The highest BCUT2D eigenvalue weighted by atomic mass is 28.3. The molecule has 2 aliphatic rings. The summed E-state index contributed by atoms with van der Waals surface area (Å²) in [5, 5.41) is 10.4. The van der Waals surface area contributed by atoms with E-state index in [2.05, 4.69) is 114 Å². The molecule has 2 aromatic rings. The molecule has 0 fully saturated rings. The topological polar surface area (TPSA) is 24.1 Å². The van der Waals surface area contributed by atoms with Crippen LogP contribution in [0.4, 0.5) is 11.4 Å². The highest BCUT2D eigenvalue weighted by Gasteiger charge is 2.31. The van der Waals surface area contributed by atoms with Gasteiger partial charge in [-0.1, -0.05) is 59.9 Å². The molecule has 3 heteroatoms. The Morgan fingerprint density at radius 1 is 0.655 bits per heavy atom. The monoisotopic (exact) mass is 402 g/mol.